The van der Waals surface area contributed by atoms with Crippen LogP contribution in [0.4, 0.5) is 4.39 Å². The van der Waals surface area contributed by atoms with Crippen molar-refractivity contribution >= 4 is 9.84 Å². The Morgan fingerprint density at radius 3 is 2.00 bits per heavy atom. The molecular weight excluding hydrogens is 239 g/mol. The van der Waals surface area contributed by atoms with Gasteiger partial charge in [0.1, 0.15) is 5.82 Å². The summed E-state index contributed by atoms with van der Waals surface area (Å²) in [6.45, 7) is 0. The van der Waals surface area contributed by atoms with Crippen LogP contribution >= 0.6 is 0 Å². The minimum Gasteiger partial charge on any atom is -0.224 e. The van der Waals surface area contributed by atoms with Crippen LogP contribution in [0, 0.1) is 5.82 Å². The molecule has 88 valence electrons. The monoisotopic (exact) mass is 250 g/mol. The van der Waals surface area contributed by atoms with Crippen LogP contribution < -0.4 is 0 Å². The smallest absolute Gasteiger partial charge is 0.176 e. The molecule has 2 aromatic carbocycles. The fourth-order valence-corrected chi connectivity index (χ4v) is 2.60. The molecule has 0 fully saturated rings. The van der Waals surface area contributed by atoms with Crippen LogP contribution in [-0.4, -0.2) is 14.7 Å². The summed E-state index contributed by atoms with van der Waals surface area (Å²) in [4.78, 5) is 0.144. The molecule has 0 spiro atoms. The van der Waals surface area contributed by atoms with Crippen LogP contribution in [0.1, 0.15) is 0 Å². The Kier molecular flexibility index (Phi) is 2.98. The van der Waals surface area contributed by atoms with E-state index >= 15 is 0 Å². The summed E-state index contributed by atoms with van der Waals surface area (Å²) < 4.78 is 36.9. The van der Waals surface area contributed by atoms with Crippen LogP contribution in [0.2, 0.25) is 0 Å². The topological polar surface area (TPSA) is 34.1 Å². The second-order valence-corrected chi connectivity index (χ2v) is 5.73. The molecule has 17 heavy (non-hydrogen) atoms. The standard InChI is InChI=1S/C13H11FO2S/c1-17(15,16)13-9-5-3-7-11(13)10-6-2-4-8-12(10)14/h2-9H,1H3. The van der Waals surface area contributed by atoms with Gasteiger partial charge in [-0.1, -0.05) is 36.4 Å². The molecular formula is C13H11FO2S. The molecule has 0 amide bonds. The van der Waals surface area contributed by atoms with Crippen molar-refractivity contribution in [3.63, 3.8) is 0 Å². The van der Waals surface area contributed by atoms with E-state index in [1.165, 1.54) is 12.1 Å². The first-order valence-electron chi connectivity index (χ1n) is 5.04. The van der Waals surface area contributed by atoms with E-state index in [0.717, 1.165) is 6.26 Å². The number of hydrogen-bond acceptors (Lipinski definition) is 2. The van der Waals surface area contributed by atoms with Crippen LogP contribution in [0.5, 0.6) is 0 Å². The Bertz CT molecular complexity index is 648. The molecule has 0 saturated heterocycles. The maximum Gasteiger partial charge on any atom is 0.176 e. The van der Waals surface area contributed by atoms with Gasteiger partial charge in [-0.15, -0.1) is 0 Å². The highest BCUT2D eigenvalue weighted by atomic mass is 32.2. The lowest BCUT2D eigenvalue weighted by Crippen LogP contribution is -2.00. The number of rotatable bonds is 2. The molecule has 0 heterocycles. The lowest BCUT2D eigenvalue weighted by Gasteiger charge is -2.08. The highest BCUT2D eigenvalue weighted by molar-refractivity contribution is 7.90. The van der Waals surface area contributed by atoms with Crippen molar-refractivity contribution in [2.75, 3.05) is 6.26 Å². The summed E-state index contributed by atoms with van der Waals surface area (Å²) in [5, 5.41) is 0. The summed E-state index contributed by atoms with van der Waals surface area (Å²) >= 11 is 0. The third kappa shape index (κ3) is 2.36. The van der Waals surface area contributed by atoms with Crippen molar-refractivity contribution in [3.05, 3.63) is 54.3 Å². The molecule has 4 heteroatoms. The molecule has 2 rings (SSSR count). The zero-order valence-corrected chi connectivity index (χ0v) is 10.0. The van der Waals surface area contributed by atoms with E-state index in [9.17, 15) is 12.8 Å². The maximum absolute atomic E-state index is 13.6. The first kappa shape index (κ1) is 11.8. The number of halogens is 1. The average Bonchev–Trinajstić information content (AvgIpc) is 2.28. The third-order valence-corrected chi connectivity index (χ3v) is 3.61. The van der Waals surface area contributed by atoms with E-state index < -0.39 is 15.7 Å². The van der Waals surface area contributed by atoms with Gasteiger partial charge in [-0.2, -0.15) is 0 Å². The van der Waals surface area contributed by atoms with Crippen molar-refractivity contribution in [3.8, 4) is 11.1 Å². The molecule has 0 atom stereocenters. The zero-order valence-electron chi connectivity index (χ0n) is 9.22. The van der Waals surface area contributed by atoms with Gasteiger partial charge in [0.25, 0.3) is 0 Å². The fourth-order valence-electron chi connectivity index (χ4n) is 1.69. The van der Waals surface area contributed by atoms with E-state index in [-0.39, 0.29) is 4.90 Å². The van der Waals surface area contributed by atoms with E-state index in [2.05, 4.69) is 0 Å². The molecule has 0 aromatic heterocycles. The molecule has 0 aliphatic rings. The van der Waals surface area contributed by atoms with Gasteiger partial charge < -0.3 is 0 Å². The average molecular weight is 250 g/mol. The number of hydrogen-bond donors (Lipinski definition) is 0. The van der Waals surface area contributed by atoms with Gasteiger partial charge in [-0.05, 0) is 12.1 Å². The van der Waals surface area contributed by atoms with Crippen LogP contribution in [0.15, 0.2) is 53.4 Å². The van der Waals surface area contributed by atoms with Gasteiger partial charge in [0, 0.05) is 17.4 Å². The van der Waals surface area contributed by atoms with E-state index in [1.807, 2.05) is 0 Å². The van der Waals surface area contributed by atoms with Crippen molar-refractivity contribution in [2.45, 2.75) is 4.90 Å². The lowest BCUT2D eigenvalue weighted by molar-refractivity contribution is 0.602. The Morgan fingerprint density at radius 1 is 0.882 bits per heavy atom. The minimum atomic E-state index is -3.37. The molecule has 0 bridgehead atoms. The Hall–Kier alpha value is -1.68. The van der Waals surface area contributed by atoms with Gasteiger partial charge in [-0.25, -0.2) is 12.8 Å². The molecule has 0 aliphatic carbocycles. The molecule has 2 nitrogen and oxygen atoms in total. The minimum absolute atomic E-state index is 0.144. The van der Waals surface area contributed by atoms with Crippen molar-refractivity contribution in [1.29, 1.82) is 0 Å². The molecule has 0 unspecified atom stereocenters. The SMILES string of the molecule is CS(=O)(=O)c1ccccc1-c1ccccc1F. The molecule has 2 aromatic rings. The van der Waals surface area contributed by atoms with Crippen molar-refractivity contribution in [1.82, 2.24) is 0 Å². The normalized spacial score (nSPS) is 11.4. The predicted octanol–water partition coefficient (Wildman–Crippen LogP) is 2.90. The Labute approximate surface area is 99.6 Å². The summed E-state index contributed by atoms with van der Waals surface area (Å²) in [7, 11) is -3.37. The Balaban J connectivity index is 2.74. The molecule has 0 radical (unpaired) electrons. The fraction of sp³-hybridized carbons (Fsp3) is 0.0769. The lowest BCUT2D eigenvalue weighted by atomic mass is 10.1. The van der Waals surface area contributed by atoms with E-state index in [0.29, 0.717) is 11.1 Å². The molecule has 0 aliphatic heterocycles. The first-order valence-corrected chi connectivity index (χ1v) is 6.93. The number of sulfone groups is 1. The summed E-state index contributed by atoms with van der Waals surface area (Å²) in [6, 6.07) is 12.5. The van der Waals surface area contributed by atoms with Gasteiger partial charge in [0.15, 0.2) is 9.84 Å². The molecule has 0 N–H and O–H groups in total. The maximum atomic E-state index is 13.6. The Morgan fingerprint density at radius 2 is 1.41 bits per heavy atom. The van der Waals surface area contributed by atoms with E-state index in [1.54, 1.807) is 36.4 Å². The largest absolute Gasteiger partial charge is 0.224 e. The van der Waals surface area contributed by atoms with Gasteiger partial charge >= 0.3 is 0 Å². The van der Waals surface area contributed by atoms with Crippen molar-refractivity contribution < 1.29 is 12.8 Å². The summed E-state index contributed by atoms with van der Waals surface area (Å²) in [5.41, 5.74) is 0.696. The second-order valence-electron chi connectivity index (χ2n) is 3.75. The third-order valence-electron chi connectivity index (χ3n) is 2.45. The van der Waals surface area contributed by atoms with Crippen LogP contribution in [-0.2, 0) is 9.84 Å². The van der Waals surface area contributed by atoms with Gasteiger partial charge in [-0.3, -0.25) is 0 Å². The predicted molar refractivity (Wildman–Crippen MR) is 64.9 cm³/mol. The zero-order chi connectivity index (χ0) is 12.5. The second kappa shape index (κ2) is 4.30. The highest BCUT2D eigenvalue weighted by Crippen LogP contribution is 2.28. The van der Waals surface area contributed by atoms with Gasteiger partial charge in [0.05, 0.1) is 4.90 Å². The summed E-state index contributed by atoms with van der Waals surface area (Å²) in [5.74, 6) is -0.427. The quantitative estimate of drug-likeness (QED) is 0.821. The number of benzene rings is 2. The van der Waals surface area contributed by atoms with E-state index in [4.69, 9.17) is 0 Å². The first-order chi connectivity index (χ1) is 8.00. The summed E-state index contributed by atoms with van der Waals surface area (Å²) in [6.07, 6.45) is 1.12. The highest BCUT2D eigenvalue weighted by Gasteiger charge is 2.15. The van der Waals surface area contributed by atoms with Crippen LogP contribution in [0.3, 0.4) is 0 Å². The van der Waals surface area contributed by atoms with Crippen molar-refractivity contribution in [2.24, 2.45) is 0 Å². The van der Waals surface area contributed by atoms with Crippen LogP contribution in [0.25, 0.3) is 11.1 Å². The van der Waals surface area contributed by atoms with Gasteiger partial charge in [0.2, 0.25) is 0 Å². The molecule has 0 saturated carbocycles.